The second-order valence-electron chi connectivity index (χ2n) is 5.84. The van der Waals surface area contributed by atoms with Gasteiger partial charge in [0.1, 0.15) is 24.8 Å². The lowest BCUT2D eigenvalue weighted by Crippen LogP contribution is -2.16. The highest BCUT2D eigenvalue weighted by Gasteiger charge is 2.16. The molecule has 122 valence electrons. The van der Waals surface area contributed by atoms with Crippen molar-refractivity contribution >= 4 is 12.6 Å². The van der Waals surface area contributed by atoms with Crippen LogP contribution in [-0.4, -0.2) is 35.0 Å². The number of aliphatic hydroxyl groups excluding tert-OH is 2. The molecule has 0 spiro atoms. The second-order valence-corrected chi connectivity index (χ2v) is 5.84. The van der Waals surface area contributed by atoms with Gasteiger partial charge in [-0.25, -0.2) is 0 Å². The molecular weight excluding hydrogens is 280 g/mol. The topological polar surface area (TPSA) is 74.6 Å². The first-order valence-electron chi connectivity index (χ1n) is 7.96. The molecule has 1 aliphatic carbocycles. The molecule has 1 aliphatic rings. The summed E-state index contributed by atoms with van der Waals surface area (Å²) in [6, 6.07) is 9.43. The molecule has 0 amide bonds. The average Bonchev–Trinajstić information content (AvgIpc) is 2.57. The first-order chi connectivity index (χ1) is 10.7. The van der Waals surface area contributed by atoms with Crippen molar-refractivity contribution in [3.8, 4) is 0 Å². The molecule has 4 nitrogen and oxygen atoms in total. The van der Waals surface area contributed by atoms with Crippen molar-refractivity contribution in [3.63, 3.8) is 0 Å². The van der Waals surface area contributed by atoms with E-state index in [-0.39, 0.29) is 0 Å². The van der Waals surface area contributed by atoms with Gasteiger partial charge in [0.15, 0.2) is 0 Å². The predicted octanol–water partition coefficient (Wildman–Crippen LogP) is 2.31. The van der Waals surface area contributed by atoms with Crippen LogP contribution in [0.4, 0.5) is 0 Å². The summed E-state index contributed by atoms with van der Waals surface area (Å²) < 4.78 is 0. The predicted molar refractivity (Wildman–Crippen MR) is 85.5 cm³/mol. The van der Waals surface area contributed by atoms with Gasteiger partial charge in [-0.2, -0.15) is 0 Å². The van der Waals surface area contributed by atoms with Crippen molar-refractivity contribution in [2.45, 2.75) is 57.2 Å². The monoisotopic (exact) mass is 306 g/mol. The zero-order chi connectivity index (χ0) is 16.2. The van der Waals surface area contributed by atoms with Gasteiger partial charge >= 0.3 is 0 Å². The van der Waals surface area contributed by atoms with Crippen LogP contribution in [0.5, 0.6) is 0 Å². The van der Waals surface area contributed by atoms with E-state index in [0.717, 1.165) is 5.56 Å². The van der Waals surface area contributed by atoms with Gasteiger partial charge in [0.2, 0.25) is 0 Å². The lowest BCUT2D eigenvalue weighted by atomic mass is 9.86. The normalized spacial score (nSPS) is 17.7. The molecule has 0 bridgehead atoms. The molecule has 1 aromatic carbocycles. The van der Waals surface area contributed by atoms with Crippen molar-refractivity contribution in [2.24, 2.45) is 5.92 Å². The number of rotatable bonds is 6. The molecule has 2 atom stereocenters. The Kier molecular flexibility index (Phi) is 9.35. The molecule has 1 saturated carbocycles. The molecule has 0 heterocycles. The Morgan fingerprint density at radius 1 is 0.955 bits per heavy atom. The summed E-state index contributed by atoms with van der Waals surface area (Å²) in [4.78, 5) is 20.2. The maximum absolute atomic E-state index is 10.1. The smallest absolute Gasteiger partial charge is 0.148 e. The number of hydrogen-bond acceptors (Lipinski definition) is 4. The molecule has 4 heteroatoms. The first-order valence-corrected chi connectivity index (χ1v) is 7.96. The summed E-state index contributed by atoms with van der Waals surface area (Å²) in [5.74, 6) is 0.601. The van der Waals surface area contributed by atoms with Crippen LogP contribution in [0, 0.1) is 5.92 Å². The SMILES string of the molecule is O=CC(O)CC1CCCCC1.O=CC(O)Cc1ccccc1. The molecule has 0 aromatic heterocycles. The van der Waals surface area contributed by atoms with E-state index in [1.54, 1.807) is 0 Å². The Morgan fingerprint density at radius 2 is 1.55 bits per heavy atom. The third-order valence-electron chi connectivity index (χ3n) is 3.90. The van der Waals surface area contributed by atoms with Gasteiger partial charge in [-0.1, -0.05) is 62.4 Å². The van der Waals surface area contributed by atoms with E-state index in [1.807, 2.05) is 30.3 Å². The van der Waals surface area contributed by atoms with E-state index < -0.39 is 12.2 Å². The summed E-state index contributed by atoms with van der Waals surface area (Å²) in [5, 5.41) is 18.0. The molecule has 0 aliphatic heterocycles. The Balaban J connectivity index is 0.000000220. The number of aliphatic hydroxyl groups is 2. The van der Waals surface area contributed by atoms with Crippen LogP contribution in [0.1, 0.15) is 44.1 Å². The van der Waals surface area contributed by atoms with Crippen LogP contribution >= 0.6 is 0 Å². The molecule has 1 fully saturated rings. The van der Waals surface area contributed by atoms with Crippen molar-refractivity contribution in [2.75, 3.05) is 0 Å². The highest BCUT2D eigenvalue weighted by Crippen LogP contribution is 2.26. The van der Waals surface area contributed by atoms with E-state index in [4.69, 9.17) is 10.2 Å². The number of carbonyl (C=O) groups excluding carboxylic acids is 2. The molecule has 0 radical (unpaired) electrons. The summed E-state index contributed by atoms with van der Waals surface area (Å²) in [7, 11) is 0. The van der Waals surface area contributed by atoms with E-state index in [9.17, 15) is 9.59 Å². The van der Waals surface area contributed by atoms with E-state index >= 15 is 0 Å². The maximum atomic E-state index is 10.1. The Labute approximate surface area is 132 Å². The van der Waals surface area contributed by atoms with Crippen LogP contribution in [0.15, 0.2) is 30.3 Å². The molecular formula is C18H26O4. The average molecular weight is 306 g/mol. The molecule has 22 heavy (non-hydrogen) atoms. The molecule has 2 rings (SSSR count). The number of benzene rings is 1. The second kappa shape index (κ2) is 11.1. The highest BCUT2D eigenvalue weighted by molar-refractivity contribution is 5.56. The third-order valence-corrected chi connectivity index (χ3v) is 3.90. The quantitative estimate of drug-likeness (QED) is 0.791. The van der Waals surface area contributed by atoms with Crippen LogP contribution in [-0.2, 0) is 16.0 Å². The summed E-state index contributed by atoms with van der Waals surface area (Å²) >= 11 is 0. The number of aldehydes is 2. The standard InChI is InChI=1S/C9H16O2.C9H10O2/c2*10-7-9(11)6-8-4-2-1-3-5-8/h7-9,11H,1-6H2;1-5,7,9,11H,6H2. The van der Waals surface area contributed by atoms with Gasteiger partial charge in [0.05, 0.1) is 0 Å². The van der Waals surface area contributed by atoms with Gasteiger partial charge in [-0.3, -0.25) is 0 Å². The highest BCUT2D eigenvalue weighted by atomic mass is 16.3. The molecule has 2 unspecified atom stereocenters. The fourth-order valence-electron chi connectivity index (χ4n) is 2.72. The van der Waals surface area contributed by atoms with E-state index in [1.165, 1.54) is 32.1 Å². The Bertz CT molecular complexity index is 412. The summed E-state index contributed by atoms with van der Waals surface area (Å²) in [5.41, 5.74) is 0.979. The first kappa shape index (κ1) is 18.5. The lowest BCUT2D eigenvalue weighted by Gasteiger charge is -2.21. The fourth-order valence-corrected chi connectivity index (χ4v) is 2.72. The largest absolute Gasteiger partial charge is 0.386 e. The minimum atomic E-state index is -0.864. The van der Waals surface area contributed by atoms with Crippen molar-refractivity contribution < 1.29 is 19.8 Å². The van der Waals surface area contributed by atoms with Gasteiger partial charge in [-0.05, 0) is 17.9 Å². The van der Waals surface area contributed by atoms with Gasteiger partial charge < -0.3 is 19.8 Å². The van der Waals surface area contributed by atoms with Gasteiger partial charge in [0.25, 0.3) is 0 Å². The fraction of sp³-hybridized carbons (Fsp3) is 0.556. The Morgan fingerprint density at radius 3 is 2.09 bits per heavy atom. The van der Waals surface area contributed by atoms with Gasteiger partial charge in [-0.15, -0.1) is 0 Å². The van der Waals surface area contributed by atoms with Gasteiger partial charge in [0, 0.05) is 6.42 Å². The van der Waals surface area contributed by atoms with Crippen LogP contribution in [0.3, 0.4) is 0 Å². The van der Waals surface area contributed by atoms with Crippen LogP contribution in [0.2, 0.25) is 0 Å². The van der Waals surface area contributed by atoms with E-state index in [0.29, 0.717) is 31.3 Å². The lowest BCUT2D eigenvalue weighted by molar-refractivity contribution is -0.116. The zero-order valence-electron chi connectivity index (χ0n) is 12.9. The van der Waals surface area contributed by atoms with Crippen molar-refractivity contribution in [1.82, 2.24) is 0 Å². The molecule has 1 aromatic rings. The number of hydrogen-bond donors (Lipinski definition) is 2. The zero-order valence-corrected chi connectivity index (χ0v) is 12.9. The summed E-state index contributed by atoms with van der Waals surface area (Å²) in [6.07, 6.45) is 6.99. The minimum absolute atomic E-state index is 0.407. The minimum Gasteiger partial charge on any atom is -0.386 e. The van der Waals surface area contributed by atoms with E-state index in [2.05, 4.69) is 0 Å². The van der Waals surface area contributed by atoms with Crippen molar-refractivity contribution in [1.29, 1.82) is 0 Å². The van der Waals surface area contributed by atoms with Crippen LogP contribution < -0.4 is 0 Å². The van der Waals surface area contributed by atoms with Crippen LogP contribution in [0.25, 0.3) is 0 Å². The Hall–Kier alpha value is -1.52. The van der Waals surface area contributed by atoms with Crippen molar-refractivity contribution in [3.05, 3.63) is 35.9 Å². The summed E-state index contributed by atoms with van der Waals surface area (Å²) in [6.45, 7) is 0. The molecule has 0 saturated heterocycles. The third kappa shape index (κ3) is 8.05. The molecule has 2 N–H and O–H groups in total. The maximum Gasteiger partial charge on any atom is 0.148 e. The number of carbonyl (C=O) groups is 2.